The minimum absolute atomic E-state index is 0.141. The van der Waals surface area contributed by atoms with Gasteiger partial charge in [-0.3, -0.25) is 0 Å². The van der Waals surface area contributed by atoms with Crippen LogP contribution in [0.4, 0.5) is 0 Å². The molecular weight excluding hydrogens is 328 g/mol. The number of ether oxygens (including phenoxy) is 1. The Labute approximate surface area is 136 Å². The molecule has 1 aliphatic heterocycles. The van der Waals surface area contributed by atoms with Gasteiger partial charge in [-0.2, -0.15) is 0 Å². The van der Waals surface area contributed by atoms with Gasteiger partial charge in [0.1, 0.15) is 11.4 Å². The summed E-state index contributed by atoms with van der Waals surface area (Å²) in [7, 11) is 0. The van der Waals surface area contributed by atoms with Crippen molar-refractivity contribution in [3.63, 3.8) is 0 Å². The number of halogens is 1. The topological polar surface area (TPSA) is 29.5 Å². The van der Waals surface area contributed by atoms with Crippen molar-refractivity contribution in [2.24, 2.45) is 11.8 Å². The van der Waals surface area contributed by atoms with Gasteiger partial charge in [0.2, 0.25) is 0 Å². The van der Waals surface area contributed by atoms with Gasteiger partial charge in [-0.25, -0.2) is 0 Å². The Bertz CT molecular complexity index is 514. The molecule has 116 valence electrons. The van der Waals surface area contributed by atoms with Gasteiger partial charge in [0, 0.05) is 16.5 Å². The second-order valence-electron chi connectivity index (χ2n) is 7.28. The van der Waals surface area contributed by atoms with E-state index in [1.54, 1.807) is 0 Å². The third-order valence-corrected chi connectivity index (χ3v) is 5.43. The van der Waals surface area contributed by atoms with Gasteiger partial charge < -0.3 is 9.84 Å². The zero-order valence-corrected chi connectivity index (χ0v) is 14.5. The molecule has 1 aliphatic carbocycles. The van der Waals surface area contributed by atoms with E-state index in [1.807, 2.05) is 18.2 Å². The molecule has 3 rings (SSSR count). The Morgan fingerprint density at radius 3 is 2.95 bits per heavy atom. The molecule has 1 aromatic carbocycles. The Morgan fingerprint density at radius 2 is 2.19 bits per heavy atom. The highest BCUT2D eigenvalue weighted by Gasteiger charge is 2.44. The zero-order chi connectivity index (χ0) is 15.0. The molecule has 0 bridgehead atoms. The van der Waals surface area contributed by atoms with Crippen LogP contribution in [0.5, 0.6) is 5.75 Å². The van der Waals surface area contributed by atoms with Crippen molar-refractivity contribution in [2.45, 2.75) is 64.1 Å². The summed E-state index contributed by atoms with van der Waals surface area (Å²) in [6.45, 7) is 4.59. The molecule has 1 heterocycles. The summed E-state index contributed by atoms with van der Waals surface area (Å²) in [5.74, 6) is 2.35. The SMILES string of the molecule is CC(C)CC1CCCC2(C1)CC(O)c1cc(Br)ccc1O2. The molecule has 1 fully saturated rings. The Morgan fingerprint density at radius 1 is 1.38 bits per heavy atom. The molecule has 3 unspecified atom stereocenters. The van der Waals surface area contributed by atoms with E-state index >= 15 is 0 Å². The predicted molar refractivity (Wildman–Crippen MR) is 88.5 cm³/mol. The van der Waals surface area contributed by atoms with Crippen LogP contribution in [0.3, 0.4) is 0 Å². The maximum atomic E-state index is 10.6. The minimum Gasteiger partial charge on any atom is -0.487 e. The summed E-state index contributed by atoms with van der Waals surface area (Å²) in [4.78, 5) is 0. The number of hydrogen-bond donors (Lipinski definition) is 1. The van der Waals surface area contributed by atoms with E-state index in [9.17, 15) is 5.11 Å². The summed E-state index contributed by atoms with van der Waals surface area (Å²) < 4.78 is 7.42. The van der Waals surface area contributed by atoms with Crippen LogP contribution in [0.25, 0.3) is 0 Å². The van der Waals surface area contributed by atoms with Crippen molar-refractivity contribution >= 4 is 15.9 Å². The molecule has 3 atom stereocenters. The van der Waals surface area contributed by atoms with Crippen molar-refractivity contribution in [3.8, 4) is 5.75 Å². The van der Waals surface area contributed by atoms with Gasteiger partial charge in [-0.05, 0) is 55.7 Å². The van der Waals surface area contributed by atoms with E-state index in [4.69, 9.17) is 4.74 Å². The first kappa shape index (κ1) is 15.4. The van der Waals surface area contributed by atoms with Crippen LogP contribution in [0.1, 0.15) is 64.0 Å². The van der Waals surface area contributed by atoms with Crippen LogP contribution in [-0.4, -0.2) is 10.7 Å². The molecule has 2 nitrogen and oxygen atoms in total. The van der Waals surface area contributed by atoms with E-state index in [0.717, 1.165) is 46.9 Å². The number of aliphatic hydroxyl groups is 1. The molecule has 3 heteroatoms. The fraction of sp³-hybridized carbons (Fsp3) is 0.667. The van der Waals surface area contributed by atoms with E-state index in [0.29, 0.717) is 0 Å². The molecule has 0 saturated heterocycles. The molecule has 21 heavy (non-hydrogen) atoms. The summed E-state index contributed by atoms with van der Waals surface area (Å²) in [5.41, 5.74) is 0.791. The smallest absolute Gasteiger partial charge is 0.126 e. The number of aliphatic hydroxyl groups excluding tert-OH is 1. The molecule has 1 saturated carbocycles. The van der Waals surface area contributed by atoms with Crippen LogP contribution in [-0.2, 0) is 0 Å². The average Bonchev–Trinajstić information content (AvgIpc) is 2.39. The van der Waals surface area contributed by atoms with E-state index < -0.39 is 6.10 Å². The van der Waals surface area contributed by atoms with Crippen LogP contribution >= 0.6 is 15.9 Å². The quantitative estimate of drug-likeness (QED) is 0.788. The number of hydrogen-bond acceptors (Lipinski definition) is 2. The minimum atomic E-state index is -0.399. The van der Waals surface area contributed by atoms with E-state index in [1.165, 1.54) is 19.3 Å². The lowest BCUT2D eigenvalue weighted by atomic mass is 9.71. The molecule has 1 spiro atoms. The van der Waals surface area contributed by atoms with Gasteiger partial charge in [0.15, 0.2) is 0 Å². The zero-order valence-electron chi connectivity index (χ0n) is 12.9. The van der Waals surface area contributed by atoms with E-state index in [2.05, 4.69) is 29.8 Å². The summed E-state index contributed by atoms with van der Waals surface area (Å²) in [5, 5.41) is 10.6. The molecule has 0 radical (unpaired) electrons. The van der Waals surface area contributed by atoms with Crippen molar-refractivity contribution in [1.29, 1.82) is 0 Å². The highest BCUT2D eigenvalue weighted by atomic mass is 79.9. The van der Waals surface area contributed by atoms with E-state index in [-0.39, 0.29) is 5.60 Å². The van der Waals surface area contributed by atoms with Crippen LogP contribution in [0, 0.1) is 11.8 Å². The molecule has 0 amide bonds. The number of rotatable bonds is 2. The van der Waals surface area contributed by atoms with Crippen molar-refractivity contribution in [2.75, 3.05) is 0 Å². The van der Waals surface area contributed by atoms with Crippen molar-refractivity contribution in [1.82, 2.24) is 0 Å². The van der Waals surface area contributed by atoms with Gasteiger partial charge >= 0.3 is 0 Å². The van der Waals surface area contributed by atoms with Gasteiger partial charge in [0.05, 0.1) is 6.10 Å². The highest BCUT2D eigenvalue weighted by molar-refractivity contribution is 9.10. The van der Waals surface area contributed by atoms with Crippen molar-refractivity contribution < 1.29 is 9.84 Å². The Hall–Kier alpha value is -0.540. The Kier molecular flexibility index (Phi) is 4.33. The maximum absolute atomic E-state index is 10.6. The van der Waals surface area contributed by atoms with Crippen LogP contribution < -0.4 is 4.74 Å². The molecule has 1 aromatic rings. The highest BCUT2D eigenvalue weighted by Crippen LogP contribution is 2.48. The second-order valence-corrected chi connectivity index (χ2v) is 8.19. The summed E-state index contributed by atoms with van der Waals surface area (Å²) in [6.07, 6.45) is 6.32. The third kappa shape index (κ3) is 3.29. The maximum Gasteiger partial charge on any atom is 0.126 e. The molecule has 2 aliphatic rings. The summed E-state index contributed by atoms with van der Waals surface area (Å²) >= 11 is 3.48. The first-order chi connectivity index (χ1) is 9.97. The average molecular weight is 353 g/mol. The van der Waals surface area contributed by atoms with Crippen LogP contribution in [0.2, 0.25) is 0 Å². The fourth-order valence-electron chi connectivity index (χ4n) is 4.20. The monoisotopic (exact) mass is 352 g/mol. The number of fused-ring (bicyclic) bond motifs is 1. The lowest BCUT2D eigenvalue weighted by molar-refractivity contribution is -0.0538. The van der Waals surface area contributed by atoms with Crippen LogP contribution in [0.15, 0.2) is 22.7 Å². The Balaban J connectivity index is 1.82. The first-order valence-corrected chi connectivity index (χ1v) is 8.93. The predicted octanol–water partition coefficient (Wildman–Crippen LogP) is 5.24. The van der Waals surface area contributed by atoms with Gasteiger partial charge in [-0.15, -0.1) is 0 Å². The lowest BCUT2D eigenvalue weighted by Crippen LogP contribution is -2.45. The second kappa shape index (κ2) is 5.92. The fourth-order valence-corrected chi connectivity index (χ4v) is 4.58. The number of benzene rings is 1. The summed E-state index contributed by atoms with van der Waals surface area (Å²) in [6, 6.07) is 5.98. The molecule has 1 N–H and O–H groups in total. The molecular formula is C18H25BrO2. The molecule has 0 aromatic heterocycles. The van der Waals surface area contributed by atoms with Gasteiger partial charge in [0.25, 0.3) is 0 Å². The van der Waals surface area contributed by atoms with Gasteiger partial charge in [-0.1, -0.05) is 36.2 Å². The standard InChI is InChI=1S/C18H25BrO2/c1-12(2)8-13-4-3-7-18(10-13)11-16(20)15-9-14(19)5-6-17(15)21-18/h5-6,9,12-13,16,20H,3-4,7-8,10-11H2,1-2H3. The lowest BCUT2D eigenvalue weighted by Gasteiger charge is -2.46. The first-order valence-electron chi connectivity index (χ1n) is 8.14. The largest absolute Gasteiger partial charge is 0.487 e. The normalized spacial score (nSPS) is 32.0. The van der Waals surface area contributed by atoms with Crippen molar-refractivity contribution in [3.05, 3.63) is 28.2 Å². The third-order valence-electron chi connectivity index (χ3n) is 4.93.